The molecule has 0 amide bonds. The molecule has 0 atom stereocenters. The largest absolute Gasteiger partial charge is 0.309 e. The summed E-state index contributed by atoms with van der Waals surface area (Å²) in [5, 5.41) is 2.43. The van der Waals surface area contributed by atoms with Crippen LogP contribution >= 0.6 is 0 Å². The van der Waals surface area contributed by atoms with E-state index in [1.54, 1.807) is 0 Å². The van der Waals surface area contributed by atoms with Crippen molar-refractivity contribution in [3.8, 4) is 61.8 Å². The lowest BCUT2D eigenvalue weighted by atomic mass is 9.71. The van der Waals surface area contributed by atoms with E-state index in [1.165, 1.54) is 44.2 Å². The third-order valence-corrected chi connectivity index (χ3v) is 12.5. The van der Waals surface area contributed by atoms with E-state index >= 15 is 0 Å². The number of para-hydroxylation sites is 1. The van der Waals surface area contributed by atoms with Gasteiger partial charge in [0.2, 0.25) is 0 Å². The van der Waals surface area contributed by atoms with Gasteiger partial charge in [0.05, 0.1) is 11.0 Å². The van der Waals surface area contributed by atoms with Crippen molar-refractivity contribution >= 4 is 21.8 Å². The quantitative estimate of drug-likeness (QED) is 0.161. The van der Waals surface area contributed by atoms with E-state index < -0.39 is 5.41 Å². The minimum absolute atomic E-state index is 0.625. The molecule has 0 fully saturated rings. The lowest BCUT2D eigenvalue weighted by Gasteiger charge is -2.31. The molecule has 62 heavy (non-hydrogen) atoms. The monoisotopic (exact) mass is 790 g/mol. The number of rotatable bonds is 7. The van der Waals surface area contributed by atoms with E-state index in [2.05, 4.69) is 217 Å². The molecule has 1 aliphatic rings. The first kappa shape index (κ1) is 35.7. The third kappa shape index (κ3) is 5.65. The molecular formula is C58H38N4. The van der Waals surface area contributed by atoms with Crippen LogP contribution in [0, 0.1) is 0 Å². The summed E-state index contributed by atoms with van der Waals surface area (Å²) in [7, 11) is 0. The van der Waals surface area contributed by atoms with Gasteiger partial charge in [-0.25, -0.2) is 15.0 Å². The summed E-state index contributed by atoms with van der Waals surface area (Å²) in [5.41, 5.74) is 15.0. The van der Waals surface area contributed by atoms with Crippen LogP contribution in [0.25, 0.3) is 83.6 Å². The highest BCUT2D eigenvalue weighted by atomic mass is 15.1. The van der Waals surface area contributed by atoms with Crippen molar-refractivity contribution < 1.29 is 0 Å². The zero-order valence-corrected chi connectivity index (χ0v) is 33.7. The van der Waals surface area contributed by atoms with E-state index in [9.17, 15) is 0 Å². The Morgan fingerprint density at radius 2 is 0.806 bits per heavy atom. The number of fused-ring (bicyclic) bond motifs is 6. The van der Waals surface area contributed by atoms with Gasteiger partial charge in [-0.05, 0) is 92.5 Å². The van der Waals surface area contributed by atoms with Gasteiger partial charge < -0.3 is 4.57 Å². The molecule has 0 aliphatic heterocycles. The highest BCUT2D eigenvalue weighted by molar-refractivity contribution is 6.10. The minimum Gasteiger partial charge on any atom is -0.309 e. The predicted molar refractivity (Wildman–Crippen MR) is 253 cm³/mol. The summed E-state index contributed by atoms with van der Waals surface area (Å²) in [4.78, 5) is 16.1. The Labute approximate surface area is 360 Å². The molecule has 290 valence electrons. The fraction of sp³-hybridized carbons (Fsp3) is 0.0172. The molecule has 12 rings (SSSR count). The van der Waals surface area contributed by atoms with Crippen molar-refractivity contribution in [2.24, 2.45) is 0 Å². The molecular weight excluding hydrogens is 753 g/mol. The summed E-state index contributed by atoms with van der Waals surface area (Å²) >= 11 is 0. The summed E-state index contributed by atoms with van der Waals surface area (Å²) in [5.74, 6) is 1.96. The minimum atomic E-state index is -0.767. The molecule has 4 nitrogen and oxygen atoms in total. The first-order valence-corrected chi connectivity index (χ1v) is 21.1. The molecule has 0 N–H and O–H groups in total. The molecule has 0 saturated carbocycles. The number of benzene rings is 9. The van der Waals surface area contributed by atoms with Gasteiger partial charge >= 0.3 is 0 Å². The van der Waals surface area contributed by atoms with E-state index in [-0.39, 0.29) is 0 Å². The average Bonchev–Trinajstić information content (AvgIpc) is 3.85. The topological polar surface area (TPSA) is 43.6 Å². The van der Waals surface area contributed by atoms with Crippen LogP contribution in [0.3, 0.4) is 0 Å². The zero-order valence-electron chi connectivity index (χ0n) is 33.7. The second kappa shape index (κ2) is 14.5. The lowest BCUT2D eigenvalue weighted by Crippen LogP contribution is -2.31. The smallest absolute Gasteiger partial charge is 0.163 e. The van der Waals surface area contributed by atoms with Gasteiger partial charge in [0.1, 0.15) is 5.41 Å². The van der Waals surface area contributed by atoms with Crippen molar-refractivity contribution in [1.82, 2.24) is 19.5 Å². The summed E-state index contributed by atoms with van der Waals surface area (Å²) in [6.45, 7) is 0. The van der Waals surface area contributed by atoms with Gasteiger partial charge in [0, 0.05) is 27.6 Å². The Morgan fingerprint density at radius 1 is 0.323 bits per heavy atom. The molecule has 1 aliphatic carbocycles. The molecule has 0 radical (unpaired) electrons. The van der Waals surface area contributed by atoms with Crippen molar-refractivity contribution in [1.29, 1.82) is 0 Å². The molecule has 9 aromatic carbocycles. The second-order valence-electron chi connectivity index (χ2n) is 16.0. The van der Waals surface area contributed by atoms with Crippen molar-refractivity contribution in [2.75, 3.05) is 0 Å². The van der Waals surface area contributed by atoms with Gasteiger partial charge in [-0.2, -0.15) is 0 Å². The summed E-state index contributed by atoms with van der Waals surface area (Å²) < 4.78 is 2.38. The molecule has 0 bridgehead atoms. The van der Waals surface area contributed by atoms with Gasteiger partial charge in [-0.3, -0.25) is 0 Å². The number of hydrogen-bond acceptors (Lipinski definition) is 3. The first-order chi connectivity index (χ1) is 30.7. The lowest BCUT2D eigenvalue weighted by molar-refractivity contribution is 0.692. The van der Waals surface area contributed by atoms with Crippen molar-refractivity contribution in [2.45, 2.75) is 5.41 Å². The van der Waals surface area contributed by atoms with Crippen LogP contribution in [0.5, 0.6) is 0 Å². The first-order valence-electron chi connectivity index (χ1n) is 21.1. The van der Waals surface area contributed by atoms with Crippen molar-refractivity contribution in [3.63, 3.8) is 0 Å². The SMILES string of the molecule is c1ccc(-c2cccc(-c3ccc4c5ccccc5n(-c5ccc(-c6nc(-c7ccccc7)nc(C7(c8ccccc8)c8ccccc8-c8ccccc87)n6)cc5)c4c3)c2)cc1. The van der Waals surface area contributed by atoms with Crippen LogP contribution < -0.4 is 0 Å². The molecule has 2 aromatic heterocycles. The molecule has 2 heterocycles. The Kier molecular flexibility index (Phi) is 8.36. The Balaban J connectivity index is 1.03. The Bertz CT molecular complexity index is 3400. The maximum Gasteiger partial charge on any atom is 0.163 e. The number of hydrogen-bond donors (Lipinski definition) is 0. The van der Waals surface area contributed by atoms with Crippen LogP contribution in [0.4, 0.5) is 0 Å². The van der Waals surface area contributed by atoms with Crippen LogP contribution in [-0.2, 0) is 5.41 Å². The van der Waals surface area contributed by atoms with Gasteiger partial charge in [0.25, 0.3) is 0 Å². The molecule has 4 heteroatoms. The summed E-state index contributed by atoms with van der Waals surface area (Å²) in [6.07, 6.45) is 0. The van der Waals surface area contributed by atoms with Crippen LogP contribution in [-0.4, -0.2) is 19.5 Å². The fourth-order valence-electron chi connectivity index (χ4n) is 9.69. The molecule has 0 unspecified atom stereocenters. The molecule has 0 spiro atoms. The predicted octanol–water partition coefficient (Wildman–Crippen LogP) is 14.0. The Hall–Kier alpha value is -8.21. The maximum atomic E-state index is 5.49. The average molecular weight is 791 g/mol. The van der Waals surface area contributed by atoms with E-state index in [0.29, 0.717) is 17.5 Å². The van der Waals surface area contributed by atoms with E-state index in [4.69, 9.17) is 15.0 Å². The number of nitrogens with zero attached hydrogens (tertiary/aromatic N) is 4. The van der Waals surface area contributed by atoms with Gasteiger partial charge in [-0.15, -0.1) is 0 Å². The van der Waals surface area contributed by atoms with E-state index in [1.807, 2.05) is 18.2 Å². The van der Waals surface area contributed by atoms with Gasteiger partial charge in [0.15, 0.2) is 17.5 Å². The zero-order chi connectivity index (χ0) is 41.0. The third-order valence-electron chi connectivity index (χ3n) is 12.5. The standard InChI is InChI=1S/C58H38N4/c1-4-17-39(18-5-1)42-21-16-22-43(37-42)44-33-36-50-49-27-12-15-30-53(49)62(54(50)38-44)46-34-31-41(32-35-46)56-59-55(40-19-6-2-7-20-40)60-57(61-56)58(45-23-8-3-9-24-45)51-28-13-10-25-47(51)48-26-11-14-29-52(48)58/h1-38H. The molecule has 11 aromatic rings. The molecule has 0 saturated heterocycles. The van der Waals surface area contributed by atoms with Crippen molar-refractivity contribution in [3.05, 3.63) is 253 Å². The second-order valence-corrected chi connectivity index (χ2v) is 16.0. The number of aromatic nitrogens is 4. The highest BCUT2D eigenvalue weighted by Gasteiger charge is 2.48. The fourth-order valence-corrected chi connectivity index (χ4v) is 9.69. The highest BCUT2D eigenvalue weighted by Crippen LogP contribution is 2.55. The van der Waals surface area contributed by atoms with Crippen LogP contribution in [0.1, 0.15) is 22.5 Å². The normalized spacial score (nSPS) is 12.6. The van der Waals surface area contributed by atoms with Gasteiger partial charge in [-0.1, -0.05) is 188 Å². The van der Waals surface area contributed by atoms with Crippen LogP contribution in [0.15, 0.2) is 231 Å². The Morgan fingerprint density at radius 3 is 1.48 bits per heavy atom. The van der Waals surface area contributed by atoms with Crippen LogP contribution in [0.2, 0.25) is 0 Å². The van der Waals surface area contributed by atoms with E-state index in [0.717, 1.165) is 44.5 Å². The summed E-state index contributed by atoms with van der Waals surface area (Å²) in [6, 6.07) is 82.0. The maximum absolute atomic E-state index is 5.49.